The number of Topliss-reactive ketones (excluding diaryl/α,β-unsaturated/α-hetero) is 1. The van der Waals surface area contributed by atoms with Gasteiger partial charge in [0.25, 0.3) is 0 Å². The van der Waals surface area contributed by atoms with Gasteiger partial charge < -0.3 is 14.9 Å². The fraction of sp³-hybridized carbons (Fsp3) is 0.208. The Morgan fingerprint density at radius 1 is 0.867 bits per heavy atom. The van der Waals surface area contributed by atoms with E-state index in [2.05, 4.69) is 0 Å². The van der Waals surface area contributed by atoms with E-state index in [0.717, 1.165) is 33.4 Å². The van der Waals surface area contributed by atoms with Crippen LogP contribution in [-0.2, 0) is 17.4 Å². The van der Waals surface area contributed by atoms with Crippen molar-refractivity contribution in [3.63, 3.8) is 0 Å². The molecule has 3 N–H and O–H groups in total. The molecule has 3 rings (SSSR count). The molecule has 0 saturated heterocycles. The summed E-state index contributed by atoms with van der Waals surface area (Å²) in [5.41, 5.74) is 6.15. The van der Waals surface area contributed by atoms with Crippen LogP contribution in [0.3, 0.4) is 0 Å². The number of carbonyl (C=O) groups excluding carboxylic acids is 1. The van der Waals surface area contributed by atoms with Crippen molar-refractivity contribution in [3.05, 3.63) is 99.6 Å². The molecule has 0 saturated carbocycles. The van der Waals surface area contributed by atoms with E-state index in [4.69, 9.17) is 9.79 Å². The highest BCUT2D eigenvalue weighted by Gasteiger charge is 2.21. The fourth-order valence-electron chi connectivity index (χ4n) is 3.62. The highest BCUT2D eigenvalue weighted by atomic mass is 31.2. The summed E-state index contributed by atoms with van der Waals surface area (Å²) >= 11 is 0. The summed E-state index contributed by atoms with van der Waals surface area (Å²) < 4.78 is 11.1. The highest BCUT2D eigenvalue weighted by molar-refractivity contribution is 7.52. The minimum Gasteiger partial charge on any atom is -0.508 e. The summed E-state index contributed by atoms with van der Waals surface area (Å²) in [6.07, 6.45) is 0.479. The summed E-state index contributed by atoms with van der Waals surface area (Å²) in [5, 5.41) is 10.3. The normalized spacial score (nSPS) is 11.5. The lowest BCUT2D eigenvalue weighted by molar-refractivity contribution is 0.101. The number of benzene rings is 3. The zero-order valence-electron chi connectivity index (χ0n) is 17.0. The quantitative estimate of drug-likeness (QED) is 0.382. The third kappa shape index (κ3) is 5.67. The summed E-state index contributed by atoms with van der Waals surface area (Å²) in [6, 6.07) is 18.9. The molecular formula is C24H25O5P. The molecule has 0 aromatic heterocycles. The van der Waals surface area contributed by atoms with Gasteiger partial charge in [0.2, 0.25) is 0 Å². The molecule has 0 heterocycles. The lowest BCUT2D eigenvalue weighted by Gasteiger charge is -2.14. The molecule has 0 amide bonds. The van der Waals surface area contributed by atoms with E-state index in [1.807, 2.05) is 56.3 Å². The first kappa shape index (κ1) is 22.0. The van der Waals surface area contributed by atoms with E-state index in [1.165, 1.54) is 0 Å². The number of ketones is 1. The largest absolute Gasteiger partial charge is 0.508 e. The molecule has 6 heteroatoms. The third-order valence-corrected chi connectivity index (χ3v) is 5.83. The average Bonchev–Trinajstić information content (AvgIpc) is 2.66. The zero-order valence-corrected chi connectivity index (χ0v) is 17.9. The van der Waals surface area contributed by atoms with Gasteiger partial charge in [0.1, 0.15) is 11.9 Å². The van der Waals surface area contributed by atoms with Gasteiger partial charge in [-0.3, -0.25) is 9.36 Å². The molecule has 0 aliphatic carbocycles. The lowest BCUT2D eigenvalue weighted by Crippen LogP contribution is -2.08. The predicted molar refractivity (Wildman–Crippen MR) is 117 cm³/mol. The summed E-state index contributed by atoms with van der Waals surface area (Å²) in [6.45, 7) is 3.78. The van der Waals surface area contributed by atoms with E-state index in [9.17, 15) is 14.5 Å². The fourth-order valence-corrected chi connectivity index (χ4v) is 4.18. The van der Waals surface area contributed by atoms with Crippen molar-refractivity contribution in [2.24, 2.45) is 0 Å². The Morgan fingerprint density at radius 3 is 2.10 bits per heavy atom. The number of phenolic OH excluding ortho intramolecular Hbond substituents is 1. The van der Waals surface area contributed by atoms with E-state index < -0.39 is 19.5 Å². The van der Waals surface area contributed by atoms with Crippen LogP contribution in [0.2, 0.25) is 0 Å². The maximum Gasteiger partial charge on any atom is 0.333 e. The molecule has 156 valence electrons. The Morgan fingerprint density at radius 2 is 1.50 bits per heavy atom. The number of carbonyl (C=O) groups is 1. The number of hydrogen-bond acceptors (Lipinski definition) is 3. The molecule has 0 atom stereocenters. The van der Waals surface area contributed by atoms with Crippen molar-refractivity contribution < 1.29 is 24.3 Å². The Labute approximate surface area is 176 Å². The monoisotopic (exact) mass is 424 g/mol. The Bertz CT molecular complexity index is 1090. The summed E-state index contributed by atoms with van der Waals surface area (Å²) in [7, 11) is -4.40. The first-order chi connectivity index (χ1) is 14.1. The number of hydrogen-bond donors (Lipinski definition) is 3. The second-order valence-electron chi connectivity index (χ2n) is 7.64. The molecule has 3 aromatic carbocycles. The molecule has 0 bridgehead atoms. The Balaban J connectivity index is 1.85. The second kappa shape index (κ2) is 8.97. The van der Waals surface area contributed by atoms with Crippen LogP contribution < -0.4 is 0 Å². The maximum absolute atomic E-state index is 12.2. The average molecular weight is 424 g/mol. The first-order valence-electron chi connectivity index (χ1n) is 9.65. The molecular weight excluding hydrogens is 399 g/mol. The molecule has 0 unspecified atom stereocenters. The van der Waals surface area contributed by atoms with Crippen molar-refractivity contribution in [2.45, 2.75) is 26.7 Å². The van der Waals surface area contributed by atoms with Gasteiger partial charge in [-0.25, -0.2) is 0 Å². The van der Waals surface area contributed by atoms with Crippen LogP contribution >= 0.6 is 7.60 Å². The summed E-state index contributed by atoms with van der Waals surface area (Å²) in [5.74, 6) is -0.301. The molecule has 5 nitrogen and oxygen atoms in total. The van der Waals surface area contributed by atoms with Gasteiger partial charge in [0.15, 0.2) is 5.78 Å². The van der Waals surface area contributed by atoms with E-state index >= 15 is 0 Å². The maximum atomic E-state index is 12.2. The van der Waals surface area contributed by atoms with E-state index in [0.29, 0.717) is 18.4 Å². The van der Waals surface area contributed by atoms with Crippen LogP contribution in [0, 0.1) is 13.8 Å². The van der Waals surface area contributed by atoms with Crippen LogP contribution in [-0.4, -0.2) is 26.8 Å². The van der Waals surface area contributed by atoms with Gasteiger partial charge in [-0.05, 0) is 71.8 Å². The molecule has 0 aliphatic rings. The Kier molecular flexibility index (Phi) is 6.57. The smallest absolute Gasteiger partial charge is 0.333 e. The minimum absolute atomic E-state index is 0.259. The first-order valence-corrected chi connectivity index (χ1v) is 11.4. The van der Waals surface area contributed by atoms with Gasteiger partial charge in [0.05, 0.1) is 0 Å². The molecule has 30 heavy (non-hydrogen) atoms. The second-order valence-corrected chi connectivity index (χ2v) is 9.28. The SMILES string of the molecule is Cc1cc(C(=O)CP(=O)(O)O)cc(C)c1Cc1ccc(O)c(Cc2ccccc2)c1. The van der Waals surface area contributed by atoms with Crippen LogP contribution in [0.1, 0.15) is 43.7 Å². The van der Waals surface area contributed by atoms with Crippen molar-refractivity contribution in [1.82, 2.24) is 0 Å². The number of phenols is 1. The Hall–Kier alpha value is -2.72. The van der Waals surface area contributed by atoms with Gasteiger partial charge in [0, 0.05) is 12.0 Å². The molecule has 0 fully saturated rings. The van der Waals surface area contributed by atoms with Crippen LogP contribution in [0.4, 0.5) is 0 Å². The molecule has 0 aliphatic heterocycles. The third-order valence-electron chi connectivity index (χ3n) is 5.13. The van der Waals surface area contributed by atoms with Gasteiger partial charge in [-0.2, -0.15) is 0 Å². The minimum atomic E-state index is -4.40. The van der Waals surface area contributed by atoms with Gasteiger partial charge in [-0.15, -0.1) is 0 Å². The van der Waals surface area contributed by atoms with Crippen LogP contribution in [0.15, 0.2) is 60.7 Å². The van der Waals surface area contributed by atoms with Crippen molar-refractivity contribution >= 4 is 13.4 Å². The van der Waals surface area contributed by atoms with Crippen LogP contribution in [0.25, 0.3) is 0 Å². The molecule has 0 spiro atoms. The van der Waals surface area contributed by atoms with Crippen molar-refractivity contribution in [2.75, 3.05) is 6.16 Å². The van der Waals surface area contributed by atoms with E-state index in [1.54, 1.807) is 18.2 Å². The van der Waals surface area contributed by atoms with Gasteiger partial charge >= 0.3 is 7.60 Å². The van der Waals surface area contributed by atoms with Crippen LogP contribution in [0.5, 0.6) is 5.75 Å². The lowest BCUT2D eigenvalue weighted by atomic mass is 9.92. The molecule has 3 aromatic rings. The number of aryl methyl sites for hydroxylation is 2. The molecule has 0 radical (unpaired) electrons. The van der Waals surface area contributed by atoms with Crippen molar-refractivity contribution in [3.8, 4) is 5.75 Å². The highest BCUT2D eigenvalue weighted by Crippen LogP contribution is 2.35. The summed E-state index contributed by atoms with van der Waals surface area (Å²) in [4.78, 5) is 30.3. The van der Waals surface area contributed by atoms with E-state index in [-0.39, 0.29) is 5.75 Å². The number of rotatable bonds is 7. The zero-order chi connectivity index (χ0) is 21.9. The topological polar surface area (TPSA) is 94.8 Å². The van der Waals surface area contributed by atoms with Gasteiger partial charge in [-0.1, -0.05) is 42.5 Å². The standard InChI is InChI=1S/C24H25O5P/c1-16-10-20(24(26)15-30(27,28)29)11-17(2)22(16)14-19-8-9-23(25)21(13-19)12-18-6-4-3-5-7-18/h3-11,13,25H,12,14-15H2,1-2H3,(H2,27,28,29). The number of aromatic hydroxyl groups is 1. The predicted octanol–water partition coefficient (Wildman–Crippen LogP) is 4.55. The van der Waals surface area contributed by atoms with Crippen molar-refractivity contribution in [1.29, 1.82) is 0 Å².